The maximum Gasteiger partial charge on any atom is 0.339 e. The zero-order valence-electron chi connectivity index (χ0n) is 2.96. The minimum Gasteiger partial charge on any atom is -0.350 e. The van der Waals surface area contributed by atoms with Gasteiger partial charge in [-0.3, -0.25) is 0 Å². The van der Waals surface area contributed by atoms with Gasteiger partial charge in [0.2, 0.25) is 0 Å². The van der Waals surface area contributed by atoms with Crippen LogP contribution in [0.4, 0.5) is 4.79 Å². The van der Waals surface area contributed by atoms with Gasteiger partial charge in [-0.1, -0.05) is 0 Å². The Kier molecular flexibility index (Phi) is 1.75. The summed E-state index contributed by atoms with van der Waals surface area (Å²) in [6.07, 6.45) is 0. The molecule has 0 aromatic carbocycles. The van der Waals surface area contributed by atoms with Crippen LogP contribution in [0, 0.1) is 0 Å². The van der Waals surface area contributed by atoms with Crippen molar-refractivity contribution >= 4 is 18.8 Å². The van der Waals surface area contributed by atoms with E-state index in [1.54, 1.807) is 0 Å². The average Bonchev–Trinajstić information content (AvgIpc) is 1.36. The number of carbonyl (C=O) groups is 1. The maximum absolute atomic E-state index is 9.65. The van der Waals surface area contributed by atoms with E-state index in [0.717, 1.165) is 0 Å². The molecule has 0 saturated heterocycles. The van der Waals surface area contributed by atoms with E-state index in [0.29, 0.717) is 4.41 Å². The first-order valence-electron chi connectivity index (χ1n) is 1.17. The molecule has 4 nitrogen and oxygen atoms in total. The minimum atomic E-state index is -0.765. The monoisotopic (exact) mass is 107 g/mol. The number of nitrogens with two attached hydrogens (primary N) is 2. The number of hydrogen-bond acceptors (Lipinski definition) is 3. The van der Waals surface area contributed by atoms with Crippen LogP contribution in [-0.2, 0) is 0 Å². The third-order valence-corrected chi connectivity index (χ3v) is 0.423. The Labute approximate surface area is 40.6 Å². The van der Waals surface area contributed by atoms with Crippen LogP contribution in [-0.4, -0.2) is 10.4 Å². The molecule has 0 radical (unpaired) electrons. The van der Waals surface area contributed by atoms with Gasteiger partial charge < -0.3 is 5.73 Å². The second-order valence-electron chi connectivity index (χ2n) is 0.683. The molecule has 4 N–H and O–H groups in total. The van der Waals surface area contributed by atoms with Gasteiger partial charge in [-0.05, 0) is 12.8 Å². The largest absolute Gasteiger partial charge is 0.350 e. The molecule has 0 spiro atoms. The summed E-state index contributed by atoms with van der Waals surface area (Å²) < 4.78 is 0.500. The number of amides is 2. The van der Waals surface area contributed by atoms with Crippen molar-refractivity contribution in [2.45, 2.75) is 0 Å². The van der Waals surface area contributed by atoms with E-state index in [9.17, 15) is 4.79 Å². The molecule has 0 aromatic heterocycles. The van der Waals surface area contributed by atoms with Crippen LogP contribution < -0.4 is 11.6 Å². The Morgan fingerprint density at radius 2 is 2.00 bits per heavy atom. The molecule has 5 heteroatoms. The molecular weight excluding hydrogens is 102 g/mol. The predicted octanol–water partition coefficient (Wildman–Crippen LogP) is -0.914. The summed E-state index contributed by atoms with van der Waals surface area (Å²) in [6, 6.07) is -0.765. The first-order chi connectivity index (χ1) is 2.64. The molecule has 0 bridgehead atoms. The Morgan fingerprint density at radius 3 is 2.00 bits per heavy atom. The summed E-state index contributed by atoms with van der Waals surface area (Å²) in [5.74, 6) is 4.66. The van der Waals surface area contributed by atoms with Gasteiger partial charge in [-0.25, -0.2) is 15.1 Å². The Hall–Kier alpha value is -0.420. The highest BCUT2D eigenvalue weighted by atomic mass is 32.1. The molecule has 0 rings (SSSR count). The number of urea groups is 1. The van der Waals surface area contributed by atoms with Gasteiger partial charge in [-0.15, -0.1) is 0 Å². The summed E-state index contributed by atoms with van der Waals surface area (Å²) in [5.41, 5.74) is 4.52. The summed E-state index contributed by atoms with van der Waals surface area (Å²) in [4.78, 5) is 9.65. The fourth-order valence-corrected chi connectivity index (χ4v) is 0. The predicted molar refractivity (Wildman–Crippen MR) is 24.6 cm³/mol. The van der Waals surface area contributed by atoms with Crippen LogP contribution in [0.2, 0.25) is 0 Å². The van der Waals surface area contributed by atoms with Gasteiger partial charge in [-0.2, -0.15) is 0 Å². The van der Waals surface area contributed by atoms with Gasteiger partial charge in [0.15, 0.2) is 0 Å². The summed E-state index contributed by atoms with van der Waals surface area (Å²) >= 11 is 3.33. The molecule has 0 aliphatic heterocycles. The normalized spacial score (nSPS) is 7.67. The molecule has 0 saturated carbocycles. The van der Waals surface area contributed by atoms with Crippen LogP contribution in [0.1, 0.15) is 0 Å². The highest BCUT2D eigenvalue weighted by molar-refractivity contribution is 7.78. The molecule has 0 fully saturated rings. The van der Waals surface area contributed by atoms with Crippen molar-refractivity contribution in [2.24, 2.45) is 11.6 Å². The quantitative estimate of drug-likeness (QED) is 0.162. The molecular formula is CH5N3OS. The smallest absolute Gasteiger partial charge is 0.339 e. The topological polar surface area (TPSA) is 72.4 Å². The molecule has 0 aliphatic carbocycles. The van der Waals surface area contributed by atoms with Crippen molar-refractivity contribution in [3.05, 3.63) is 0 Å². The maximum atomic E-state index is 9.65. The highest BCUT2D eigenvalue weighted by Gasteiger charge is 1.90. The van der Waals surface area contributed by atoms with Crippen molar-refractivity contribution in [1.82, 2.24) is 4.41 Å². The fraction of sp³-hybridized carbons (Fsp3) is 0. The molecule has 2 amide bonds. The van der Waals surface area contributed by atoms with Crippen LogP contribution in [0.3, 0.4) is 0 Å². The van der Waals surface area contributed by atoms with Crippen molar-refractivity contribution < 1.29 is 4.79 Å². The SMILES string of the molecule is NC(=O)N(N)S. The lowest BCUT2D eigenvalue weighted by atomic mass is 11.2. The molecule has 0 atom stereocenters. The lowest BCUT2D eigenvalue weighted by Crippen LogP contribution is -2.32. The molecule has 6 heavy (non-hydrogen) atoms. The van der Waals surface area contributed by atoms with Gasteiger partial charge in [0.25, 0.3) is 0 Å². The molecule has 0 aliphatic rings. The second-order valence-corrected chi connectivity index (χ2v) is 1.11. The Bertz CT molecular complexity index is 61.8. The van der Waals surface area contributed by atoms with Crippen molar-refractivity contribution in [3.63, 3.8) is 0 Å². The van der Waals surface area contributed by atoms with Gasteiger partial charge in [0.05, 0.1) is 0 Å². The molecule has 0 heterocycles. The Morgan fingerprint density at radius 1 is 1.83 bits per heavy atom. The summed E-state index contributed by atoms with van der Waals surface area (Å²) in [7, 11) is 0. The van der Waals surface area contributed by atoms with E-state index >= 15 is 0 Å². The van der Waals surface area contributed by atoms with Crippen molar-refractivity contribution in [1.29, 1.82) is 0 Å². The molecule has 36 valence electrons. The third kappa shape index (κ3) is 1.86. The minimum absolute atomic E-state index is 0.500. The van der Waals surface area contributed by atoms with E-state index in [4.69, 9.17) is 0 Å². The van der Waals surface area contributed by atoms with Gasteiger partial charge >= 0.3 is 6.03 Å². The van der Waals surface area contributed by atoms with E-state index < -0.39 is 6.03 Å². The van der Waals surface area contributed by atoms with Crippen LogP contribution in [0.25, 0.3) is 0 Å². The fourth-order valence-electron chi connectivity index (χ4n) is 0. The van der Waals surface area contributed by atoms with Crippen LogP contribution in [0.15, 0.2) is 0 Å². The zero-order chi connectivity index (χ0) is 5.15. The van der Waals surface area contributed by atoms with E-state index in [-0.39, 0.29) is 0 Å². The molecule has 0 aromatic rings. The highest BCUT2D eigenvalue weighted by Crippen LogP contribution is 1.75. The lowest BCUT2D eigenvalue weighted by Gasteiger charge is -1.99. The number of thiol groups is 1. The van der Waals surface area contributed by atoms with Crippen LogP contribution in [0.5, 0.6) is 0 Å². The summed E-state index contributed by atoms with van der Waals surface area (Å²) in [5, 5.41) is 0. The van der Waals surface area contributed by atoms with Gasteiger partial charge in [0, 0.05) is 0 Å². The van der Waals surface area contributed by atoms with Crippen molar-refractivity contribution in [3.8, 4) is 0 Å². The first kappa shape index (κ1) is 5.58. The third-order valence-electron chi connectivity index (χ3n) is 0.226. The number of carbonyl (C=O) groups excluding carboxylic acids is 1. The van der Waals surface area contributed by atoms with E-state index in [2.05, 4.69) is 24.4 Å². The van der Waals surface area contributed by atoms with E-state index in [1.165, 1.54) is 0 Å². The Balaban J connectivity index is 3.26. The number of hydrogen-bond donors (Lipinski definition) is 3. The van der Waals surface area contributed by atoms with E-state index in [1.807, 2.05) is 0 Å². The standard InChI is InChI=1S/CH5N3OS/c2-1(5)4(3)6/h6H,3H2,(H2,2,5). The number of primary amides is 1. The molecule has 0 unspecified atom stereocenters. The van der Waals surface area contributed by atoms with Crippen LogP contribution >= 0.6 is 12.8 Å². The van der Waals surface area contributed by atoms with Gasteiger partial charge in [0.1, 0.15) is 0 Å². The lowest BCUT2D eigenvalue weighted by molar-refractivity contribution is 0.236. The number of hydrazine groups is 1. The number of nitrogens with zero attached hydrogens (tertiary/aromatic N) is 1. The average molecular weight is 107 g/mol. The zero-order valence-corrected chi connectivity index (χ0v) is 3.85. The van der Waals surface area contributed by atoms with Crippen molar-refractivity contribution in [2.75, 3.05) is 0 Å². The number of rotatable bonds is 0. The second kappa shape index (κ2) is 1.89. The summed E-state index contributed by atoms with van der Waals surface area (Å²) in [6.45, 7) is 0. The first-order valence-corrected chi connectivity index (χ1v) is 1.57.